The molecule has 0 saturated heterocycles. The molecule has 0 aliphatic carbocycles. The van der Waals surface area contributed by atoms with E-state index in [4.69, 9.17) is 0 Å². The molecular weight excluding hydrogens is 226 g/mol. The second kappa shape index (κ2) is 3.45. The Morgan fingerprint density at radius 3 is 2.73 bits per heavy atom. The van der Waals surface area contributed by atoms with E-state index in [-0.39, 0.29) is 10.6 Å². The Morgan fingerprint density at radius 1 is 1.82 bits per heavy atom. The molecule has 0 aliphatic heterocycles. The summed E-state index contributed by atoms with van der Waals surface area (Å²) in [6.07, 6.45) is 0. The minimum atomic E-state index is 0.0284. The first-order valence-corrected chi connectivity index (χ1v) is 5.01. The summed E-state index contributed by atoms with van der Waals surface area (Å²) in [5, 5.41) is 2.74. The van der Waals surface area contributed by atoms with Gasteiger partial charge in [-0.1, -0.05) is 15.9 Å². The number of nitrogens with zero attached hydrogens (tertiary/aromatic N) is 1. The lowest BCUT2D eigenvalue weighted by molar-refractivity contribution is 0.101. The monoisotopic (exact) mass is 233 g/mol. The predicted molar refractivity (Wildman–Crippen MR) is 49.5 cm³/mol. The number of rotatable bonds is 2. The van der Waals surface area contributed by atoms with E-state index in [1.807, 2.05) is 6.92 Å². The van der Waals surface area contributed by atoms with E-state index in [9.17, 15) is 4.79 Å². The molecule has 11 heavy (non-hydrogen) atoms. The Hall–Kier alpha value is -0.220. The van der Waals surface area contributed by atoms with Gasteiger partial charge in [-0.05, 0) is 6.92 Å². The normalized spacial score (nSPS) is 13.0. The van der Waals surface area contributed by atoms with E-state index in [1.54, 1.807) is 5.38 Å². The molecule has 2 nitrogen and oxygen atoms in total. The number of carbonyl (C=O) groups is 1. The van der Waals surface area contributed by atoms with Gasteiger partial charge in [0.2, 0.25) is 0 Å². The topological polar surface area (TPSA) is 30.0 Å². The van der Waals surface area contributed by atoms with Gasteiger partial charge in [0.25, 0.3) is 0 Å². The maximum Gasteiger partial charge on any atom is 0.178 e. The third kappa shape index (κ3) is 2.10. The molecule has 1 aromatic rings. The molecule has 1 heterocycles. The van der Waals surface area contributed by atoms with Crippen LogP contribution in [0.25, 0.3) is 0 Å². The quantitative estimate of drug-likeness (QED) is 0.581. The van der Waals surface area contributed by atoms with E-state index in [2.05, 4.69) is 20.9 Å². The molecule has 0 bridgehead atoms. The molecule has 0 aliphatic rings. The molecule has 1 unspecified atom stereocenters. The SMILES string of the molecule is CC(=O)c1csc(C(C)Br)n1. The van der Waals surface area contributed by atoms with E-state index in [0.29, 0.717) is 5.69 Å². The third-order valence-electron chi connectivity index (χ3n) is 1.22. The molecule has 4 heteroatoms. The first-order valence-electron chi connectivity index (χ1n) is 3.21. The number of Topliss-reactive ketones (excluding diaryl/α,β-unsaturated/α-hetero) is 1. The lowest BCUT2D eigenvalue weighted by Gasteiger charge is -1.93. The molecular formula is C7H8BrNOS. The minimum Gasteiger partial charge on any atom is -0.293 e. The maximum absolute atomic E-state index is 10.8. The molecule has 0 radical (unpaired) electrons. The van der Waals surface area contributed by atoms with Crippen LogP contribution in [0.15, 0.2) is 5.38 Å². The summed E-state index contributed by atoms with van der Waals surface area (Å²) in [4.78, 5) is 15.2. The van der Waals surface area contributed by atoms with Crippen molar-refractivity contribution in [3.05, 3.63) is 16.1 Å². The van der Waals surface area contributed by atoms with E-state index < -0.39 is 0 Å². The summed E-state index contributed by atoms with van der Waals surface area (Å²) in [6, 6.07) is 0. The van der Waals surface area contributed by atoms with Gasteiger partial charge in [0.1, 0.15) is 10.7 Å². The van der Waals surface area contributed by atoms with Gasteiger partial charge in [-0.15, -0.1) is 11.3 Å². The standard InChI is InChI=1S/C7H8BrNOS/c1-4(8)7-9-6(3-11-7)5(2)10/h3-4H,1-2H3. The number of alkyl halides is 1. The fraction of sp³-hybridized carbons (Fsp3) is 0.429. The predicted octanol–water partition coefficient (Wildman–Crippen LogP) is 2.80. The van der Waals surface area contributed by atoms with E-state index >= 15 is 0 Å². The van der Waals surface area contributed by atoms with Gasteiger partial charge in [0.05, 0.1) is 4.83 Å². The minimum absolute atomic E-state index is 0.0284. The van der Waals surface area contributed by atoms with E-state index in [1.165, 1.54) is 18.3 Å². The van der Waals surface area contributed by atoms with Gasteiger partial charge < -0.3 is 0 Å². The van der Waals surface area contributed by atoms with Crippen LogP contribution >= 0.6 is 27.3 Å². The number of halogens is 1. The molecule has 0 saturated carbocycles. The summed E-state index contributed by atoms with van der Waals surface area (Å²) < 4.78 is 0. The number of ketones is 1. The highest BCUT2D eigenvalue weighted by Gasteiger charge is 2.08. The highest BCUT2D eigenvalue weighted by molar-refractivity contribution is 9.09. The van der Waals surface area contributed by atoms with Crippen molar-refractivity contribution in [2.75, 3.05) is 0 Å². The van der Waals surface area contributed by atoms with E-state index in [0.717, 1.165) is 5.01 Å². The fourth-order valence-electron chi connectivity index (χ4n) is 0.632. The largest absolute Gasteiger partial charge is 0.293 e. The maximum atomic E-state index is 10.8. The second-order valence-electron chi connectivity index (χ2n) is 2.24. The van der Waals surface area contributed by atoms with Crippen molar-refractivity contribution in [3.63, 3.8) is 0 Å². The van der Waals surface area contributed by atoms with Crippen LogP contribution in [0.3, 0.4) is 0 Å². The smallest absolute Gasteiger partial charge is 0.178 e. The zero-order valence-electron chi connectivity index (χ0n) is 6.30. The molecule has 0 spiro atoms. The summed E-state index contributed by atoms with van der Waals surface area (Å²) >= 11 is 4.89. The molecule has 0 N–H and O–H groups in total. The first kappa shape index (κ1) is 8.87. The third-order valence-corrected chi connectivity index (χ3v) is 2.99. The molecule has 60 valence electrons. The molecule has 1 aromatic heterocycles. The molecule has 0 amide bonds. The number of carbonyl (C=O) groups excluding carboxylic acids is 1. The van der Waals surface area contributed by atoms with Crippen molar-refractivity contribution in [2.24, 2.45) is 0 Å². The van der Waals surface area contributed by atoms with Crippen molar-refractivity contribution in [1.29, 1.82) is 0 Å². The van der Waals surface area contributed by atoms with Gasteiger partial charge >= 0.3 is 0 Å². The lowest BCUT2D eigenvalue weighted by atomic mass is 10.3. The van der Waals surface area contributed by atoms with Crippen molar-refractivity contribution in [1.82, 2.24) is 4.98 Å². The van der Waals surface area contributed by atoms with Gasteiger partial charge in [0, 0.05) is 12.3 Å². The van der Waals surface area contributed by atoms with Crippen LogP contribution < -0.4 is 0 Å². The molecule has 1 atom stereocenters. The van der Waals surface area contributed by atoms with Crippen molar-refractivity contribution < 1.29 is 4.79 Å². The highest BCUT2D eigenvalue weighted by atomic mass is 79.9. The fourth-order valence-corrected chi connectivity index (χ4v) is 1.85. The van der Waals surface area contributed by atoms with Gasteiger partial charge in [-0.25, -0.2) is 4.98 Å². The van der Waals surface area contributed by atoms with Crippen LogP contribution in [0.1, 0.15) is 34.2 Å². The molecule has 0 fully saturated rings. The Balaban J connectivity index is 2.90. The Morgan fingerprint density at radius 2 is 2.45 bits per heavy atom. The molecule has 1 rings (SSSR count). The Labute approximate surface area is 77.8 Å². The van der Waals surface area contributed by atoms with Gasteiger partial charge in [-0.3, -0.25) is 4.79 Å². The number of thiazole rings is 1. The second-order valence-corrected chi connectivity index (χ2v) is 4.51. The van der Waals surface area contributed by atoms with Gasteiger partial charge in [0.15, 0.2) is 5.78 Å². The summed E-state index contributed by atoms with van der Waals surface area (Å²) in [5.74, 6) is 0.0284. The Kier molecular flexibility index (Phi) is 2.78. The van der Waals surface area contributed by atoms with Crippen LogP contribution in [-0.2, 0) is 0 Å². The number of aromatic nitrogens is 1. The van der Waals surface area contributed by atoms with Crippen molar-refractivity contribution >= 4 is 33.0 Å². The van der Waals surface area contributed by atoms with Crippen LogP contribution in [0.4, 0.5) is 0 Å². The van der Waals surface area contributed by atoms with Crippen molar-refractivity contribution in [2.45, 2.75) is 18.7 Å². The zero-order chi connectivity index (χ0) is 8.43. The summed E-state index contributed by atoms with van der Waals surface area (Å²) in [6.45, 7) is 3.51. The number of hydrogen-bond donors (Lipinski definition) is 0. The Bertz CT molecular complexity index is 269. The molecule has 0 aromatic carbocycles. The first-order chi connectivity index (χ1) is 5.11. The van der Waals surface area contributed by atoms with Crippen LogP contribution in [0.5, 0.6) is 0 Å². The average Bonchev–Trinajstić information content (AvgIpc) is 2.33. The van der Waals surface area contributed by atoms with Crippen molar-refractivity contribution in [3.8, 4) is 0 Å². The summed E-state index contributed by atoms with van der Waals surface area (Å²) in [7, 11) is 0. The van der Waals surface area contributed by atoms with Crippen LogP contribution in [0.2, 0.25) is 0 Å². The van der Waals surface area contributed by atoms with Crippen LogP contribution in [-0.4, -0.2) is 10.8 Å². The van der Waals surface area contributed by atoms with Gasteiger partial charge in [-0.2, -0.15) is 0 Å². The number of hydrogen-bond acceptors (Lipinski definition) is 3. The summed E-state index contributed by atoms with van der Waals surface area (Å²) in [5.41, 5.74) is 0.566. The lowest BCUT2D eigenvalue weighted by Crippen LogP contribution is -1.92. The highest BCUT2D eigenvalue weighted by Crippen LogP contribution is 2.24. The average molecular weight is 234 g/mol. The van der Waals surface area contributed by atoms with Crippen LogP contribution in [0, 0.1) is 0 Å². The zero-order valence-corrected chi connectivity index (χ0v) is 8.70.